The Morgan fingerprint density at radius 2 is 1.63 bits per heavy atom. The van der Waals surface area contributed by atoms with Crippen LogP contribution < -0.4 is 17.2 Å². The number of anilines is 3. The van der Waals surface area contributed by atoms with Crippen molar-refractivity contribution in [2.45, 2.75) is 6.42 Å². The molecule has 2 rings (SSSR count). The van der Waals surface area contributed by atoms with E-state index in [0.29, 0.717) is 34.6 Å². The van der Waals surface area contributed by atoms with E-state index < -0.39 is 0 Å². The van der Waals surface area contributed by atoms with Crippen LogP contribution in [0.4, 0.5) is 17.1 Å². The third kappa shape index (κ3) is 2.56. The van der Waals surface area contributed by atoms with Gasteiger partial charge in [0.05, 0.1) is 0 Å². The Kier molecular flexibility index (Phi) is 3.48. The lowest BCUT2D eigenvalue weighted by Crippen LogP contribution is -2.02. The Morgan fingerprint density at radius 3 is 2.26 bits per heavy atom. The summed E-state index contributed by atoms with van der Waals surface area (Å²) in [4.78, 5) is 0. The number of phenolic OH excluding ortho intramolecular Hbond substituents is 1. The van der Waals surface area contributed by atoms with Gasteiger partial charge in [0.1, 0.15) is 5.75 Å². The number of rotatable bonds is 3. The zero-order valence-electron chi connectivity index (χ0n) is 10.4. The first kappa shape index (κ1) is 13.0. The predicted octanol–water partition coefficient (Wildman–Crippen LogP) is 1.34. The monoisotopic (exact) mass is 259 g/mol. The minimum atomic E-state index is -0.0309. The molecule has 0 amide bonds. The van der Waals surface area contributed by atoms with Crippen LogP contribution in [0.1, 0.15) is 5.56 Å². The fourth-order valence-electron chi connectivity index (χ4n) is 2.13. The number of nitrogen functional groups attached to an aromatic ring is 3. The van der Waals surface area contributed by atoms with Crippen LogP contribution in [0.2, 0.25) is 0 Å². The van der Waals surface area contributed by atoms with Crippen LogP contribution in [-0.4, -0.2) is 16.8 Å². The summed E-state index contributed by atoms with van der Waals surface area (Å²) in [6, 6.07) is 8.24. The quantitative estimate of drug-likeness (QED) is 0.533. The van der Waals surface area contributed by atoms with Crippen molar-refractivity contribution in [2.75, 3.05) is 23.8 Å². The van der Waals surface area contributed by atoms with Gasteiger partial charge >= 0.3 is 0 Å². The van der Waals surface area contributed by atoms with Gasteiger partial charge < -0.3 is 27.4 Å². The molecule has 19 heavy (non-hydrogen) atoms. The molecule has 0 saturated carbocycles. The van der Waals surface area contributed by atoms with Crippen molar-refractivity contribution in [3.8, 4) is 16.9 Å². The van der Waals surface area contributed by atoms with E-state index in [9.17, 15) is 5.11 Å². The second-order valence-corrected chi connectivity index (χ2v) is 4.39. The molecule has 5 heteroatoms. The lowest BCUT2D eigenvalue weighted by atomic mass is 9.94. The summed E-state index contributed by atoms with van der Waals surface area (Å²) in [6.45, 7) is -0.0309. The number of aromatic hydroxyl groups is 1. The lowest BCUT2D eigenvalue weighted by molar-refractivity contribution is 0.300. The predicted molar refractivity (Wildman–Crippen MR) is 77.6 cm³/mol. The van der Waals surface area contributed by atoms with Crippen molar-refractivity contribution in [3.63, 3.8) is 0 Å². The minimum absolute atomic E-state index is 0.0309. The van der Waals surface area contributed by atoms with E-state index in [-0.39, 0.29) is 12.4 Å². The van der Waals surface area contributed by atoms with E-state index in [0.717, 1.165) is 5.56 Å². The highest BCUT2D eigenvalue weighted by molar-refractivity contribution is 5.81. The molecular weight excluding hydrogens is 242 g/mol. The van der Waals surface area contributed by atoms with Gasteiger partial charge in [0.25, 0.3) is 0 Å². The molecule has 0 radical (unpaired) electrons. The Morgan fingerprint density at radius 1 is 0.895 bits per heavy atom. The molecule has 0 bridgehead atoms. The Labute approximate surface area is 111 Å². The SMILES string of the molecule is Nc1ccc(-c2cc(N)cc(N)c2CCO)c(O)c1. The van der Waals surface area contributed by atoms with Crippen LogP contribution in [0, 0.1) is 0 Å². The topological polar surface area (TPSA) is 119 Å². The number of aliphatic hydroxyl groups excluding tert-OH is 1. The number of hydrogen-bond donors (Lipinski definition) is 5. The molecule has 2 aromatic rings. The molecule has 0 atom stereocenters. The van der Waals surface area contributed by atoms with Gasteiger partial charge in [-0.15, -0.1) is 0 Å². The number of aliphatic hydroxyl groups is 1. The van der Waals surface area contributed by atoms with Gasteiger partial charge in [0, 0.05) is 35.3 Å². The molecule has 8 N–H and O–H groups in total. The van der Waals surface area contributed by atoms with Crippen molar-refractivity contribution in [2.24, 2.45) is 0 Å². The van der Waals surface area contributed by atoms with Crippen molar-refractivity contribution in [3.05, 3.63) is 35.9 Å². The van der Waals surface area contributed by atoms with Crippen LogP contribution >= 0.6 is 0 Å². The first-order chi connectivity index (χ1) is 9.02. The van der Waals surface area contributed by atoms with E-state index in [1.54, 1.807) is 24.3 Å². The summed E-state index contributed by atoms with van der Waals surface area (Å²) in [5, 5.41) is 19.1. The first-order valence-electron chi connectivity index (χ1n) is 5.90. The molecule has 2 aromatic carbocycles. The average Bonchev–Trinajstić information content (AvgIpc) is 2.32. The zero-order valence-corrected chi connectivity index (χ0v) is 10.4. The van der Waals surface area contributed by atoms with Gasteiger partial charge in [-0.2, -0.15) is 0 Å². The number of hydrogen-bond acceptors (Lipinski definition) is 5. The van der Waals surface area contributed by atoms with E-state index in [1.807, 2.05) is 0 Å². The second-order valence-electron chi connectivity index (χ2n) is 4.39. The Bertz CT molecular complexity index is 612. The molecule has 0 aliphatic heterocycles. The van der Waals surface area contributed by atoms with E-state index >= 15 is 0 Å². The minimum Gasteiger partial charge on any atom is -0.507 e. The largest absolute Gasteiger partial charge is 0.507 e. The number of benzene rings is 2. The smallest absolute Gasteiger partial charge is 0.125 e. The fourth-order valence-corrected chi connectivity index (χ4v) is 2.13. The Balaban J connectivity index is 2.66. The standard InChI is InChI=1S/C14H17N3O2/c15-8-1-2-11(14(19)7-8)12-5-9(16)6-13(17)10(12)3-4-18/h1-2,5-7,18-19H,3-4,15-17H2. The van der Waals surface area contributed by atoms with Gasteiger partial charge in [0.15, 0.2) is 0 Å². The van der Waals surface area contributed by atoms with Crippen molar-refractivity contribution in [1.82, 2.24) is 0 Å². The summed E-state index contributed by atoms with van der Waals surface area (Å²) in [7, 11) is 0. The number of phenols is 1. The normalized spacial score (nSPS) is 10.6. The van der Waals surface area contributed by atoms with E-state index in [4.69, 9.17) is 22.3 Å². The zero-order chi connectivity index (χ0) is 14.0. The molecule has 0 aliphatic rings. The van der Waals surface area contributed by atoms with Crippen molar-refractivity contribution >= 4 is 17.1 Å². The Hall–Kier alpha value is -2.40. The van der Waals surface area contributed by atoms with Gasteiger partial charge in [0.2, 0.25) is 0 Å². The van der Waals surface area contributed by atoms with Crippen molar-refractivity contribution in [1.29, 1.82) is 0 Å². The molecule has 0 heterocycles. The van der Waals surface area contributed by atoms with Crippen LogP contribution in [0.3, 0.4) is 0 Å². The highest BCUT2D eigenvalue weighted by Gasteiger charge is 2.13. The van der Waals surface area contributed by atoms with Crippen LogP contribution in [0.25, 0.3) is 11.1 Å². The molecular formula is C14H17N3O2. The molecule has 0 saturated heterocycles. The van der Waals surface area contributed by atoms with Gasteiger partial charge in [-0.3, -0.25) is 0 Å². The third-order valence-electron chi connectivity index (χ3n) is 2.98. The van der Waals surface area contributed by atoms with Crippen LogP contribution in [0.15, 0.2) is 30.3 Å². The maximum absolute atomic E-state index is 10.00. The fraction of sp³-hybridized carbons (Fsp3) is 0.143. The maximum Gasteiger partial charge on any atom is 0.125 e. The van der Waals surface area contributed by atoms with E-state index in [1.165, 1.54) is 6.07 Å². The summed E-state index contributed by atoms with van der Waals surface area (Å²) < 4.78 is 0. The highest BCUT2D eigenvalue weighted by atomic mass is 16.3. The van der Waals surface area contributed by atoms with Crippen LogP contribution in [-0.2, 0) is 6.42 Å². The highest BCUT2D eigenvalue weighted by Crippen LogP contribution is 2.36. The second kappa shape index (κ2) is 5.07. The molecule has 100 valence electrons. The molecule has 0 fully saturated rings. The molecule has 0 aromatic heterocycles. The van der Waals surface area contributed by atoms with Gasteiger partial charge in [-0.25, -0.2) is 0 Å². The summed E-state index contributed by atoms with van der Waals surface area (Å²) in [5.41, 5.74) is 20.9. The van der Waals surface area contributed by atoms with Gasteiger partial charge in [-0.1, -0.05) is 0 Å². The van der Waals surface area contributed by atoms with E-state index in [2.05, 4.69) is 0 Å². The third-order valence-corrected chi connectivity index (χ3v) is 2.98. The van der Waals surface area contributed by atoms with Gasteiger partial charge in [-0.05, 0) is 41.8 Å². The molecule has 5 nitrogen and oxygen atoms in total. The maximum atomic E-state index is 10.00. The van der Waals surface area contributed by atoms with Crippen molar-refractivity contribution < 1.29 is 10.2 Å². The molecule has 0 unspecified atom stereocenters. The summed E-state index contributed by atoms with van der Waals surface area (Å²) >= 11 is 0. The van der Waals surface area contributed by atoms with Crippen LogP contribution in [0.5, 0.6) is 5.75 Å². The molecule has 0 spiro atoms. The number of nitrogens with two attached hydrogens (primary N) is 3. The summed E-state index contributed by atoms with van der Waals surface area (Å²) in [6.07, 6.45) is 0.394. The summed E-state index contributed by atoms with van der Waals surface area (Å²) in [5.74, 6) is 0.0594. The average molecular weight is 259 g/mol. The lowest BCUT2D eigenvalue weighted by Gasteiger charge is -2.14. The molecule has 0 aliphatic carbocycles. The first-order valence-corrected chi connectivity index (χ1v) is 5.90.